The van der Waals surface area contributed by atoms with Crippen molar-refractivity contribution < 1.29 is 14.2 Å². The molecule has 1 saturated carbocycles. The van der Waals surface area contributed by atoms with Crippen molar-refractivity contribution in [1.29, 1.82) is 0 Å². The minimum absolute atomic E-state index is 0.0816. The molecule has 2 aromatic heterocycles. The van der Waals surface area contributed by atoms with E-state index in [1.54, 1.807) is 6.92 Å². The van der Waals surface area contributed by atoms with Gasteiger partial charge in [0.25, 0.3) is 5.56 Å². The molecular weight excluding hydrogens is 477 g/mol. The number of halogens is 1. The molecule has 1 N–H and O–H groups in total. The molecule has 0 aliphatic heterocycles. The van der Waals surface area contributed by atoms with Crippen molar-refractivity contribution in [3.63, 3.8) is 0 Å². The van der Waals surface area contributed by atoms with Crippen LogP contribution in [0.3, 0.4) is 0 Å². The van der Waals surface area contributed by atoms with Crippen molar-refractivity contribution in [2.24, 2.45) is 5.92 Å². The number of ether oxygens (including phenoxy) is 1. The molecule has 9 nitrogen and oxygen atoms in total. The molecule has 0 bridgehead atoms. The molecule has 2 heterocycles. The third-order valence-corrected chi connectivity index (χ3v) is 6.71. The van der Waals surface area contributed by atoms with E-state index >= 15 is 0 Å². The number of hydrogen-bond donors (Lipinski definition) is 1. The molecule has 1 atom stereocenters. The van der Waals surface area contributed by atoms with Gasteiger partial charge in [0.1, 0.15) is 5.60 Å². The maximum atomic E-state index is 14.4. The molecule has 4 aromatic rings. The average molecular weight is 506 g/mol. The maximum Gasteiger partial charge on any atom is 0.337 e. The molecule has 0 saturated heterocycles. The molecule has 192 valence electrons. The van der Waals surface area contributed by atoms with E-state index < -0.39 is 22.7 Å². The fraction of sp³-hybridized carbons (Fsp3) is 0.333. The van der Waals surface area contributed by atoms with Gasteiger partial charge in [0.05, 0.1) is 25.9 Å². The van der Waals surface area contributed by atoms with Crippen LogP contribution in [0.1, 0.15) is 37.3 Å². The van der Waals surface area contributed by atoms with Gasteiger partial charge in [-0.15, -0.1) is 5.10 Å². The number of hydrogen-bond acceptors (Lipinski definition) is 6. The highest BCUT2D eigenvalue weighted by atomic mass is 19.1. The van der Waals surface area contributed by atoms with Gasteiger partial charge in [-0.25, -0.2) is 18.4 Å². The molecule has 0 amide bonds. The lowest BCUT2D eigenvalue weighted by atomic mass is 9.91. The number of aromatic nitrogens is 5. The Balaban J connectivity index is 1.47. The second kappa shape index (κ2) is 10.1. The number of benzene rings is 2. The molecule has 5 rings (SSSR count). The zero-order valence-corrected chi connectivity index (χ0v) is 20.5. The molecule has 1 unspecified atom stereocenters. The Hall–Kier alpha value is -4.05. The number of aliphatic hydroxyl groups is 1. The van der Waals surface area contributed by atoms with Crippen molar-refractivity contribution in [3.05, 3.63) is 105 Å². The van der Waals surface area contributed by atoms with E-state index in [0.29, 0.717) is 18.1 Å². The van der Waals surface area contributed by atoms with E-state index in [2.05, 4.69) is 10.3 Å². The Morgan fingerprint density at radius 3 is 2.65 bits per heavy atom. The second-order valence-electron chi connectivity index (χ2n) is 9.42. The first-order valence-electron chi connectivity index (χ1n) is 12.3. The zero-order valence-electron chi connectivity index (χ0n) is 20.5. The van der Waals surface area contributed by atoms with Gasteiger partial charge in [-0.05, 0) is 48.4 Å². The maximum absolute atomic E-state index is 14.4. The summed E-state index contributed by atoms with van der Waals surface area (Å²) in [5.74, 6) is 0.148. The van der Waals surface area contributed by atoms with Crippen LogP contribution in [0.4, 0.5) is 4.39 Å². The summed E-state index contributed by atoms with van der Waals surface area (Å²) in [6, 6.07) is 15.0. The van der Waals surface area contributed by atoms with Gasteiger partial charge in [-0.3, -0.25) is 9.36 Å². The van der Waals surface area contributed by atoms with E-state index in [0.717, 1.165) is 23.0 Å². The molecule has 1 aliphatic rings. The largest absolute Gasteiger partial charge is 0.490 e. The molecule has 1 fully saturated rings. The van der Waals surface area contributed by atoms with Crippen LogP contribution in [-0.4, -0.2) is 35.8 Å². The fourth-order valence-electron chi connectivity index (χ4n) is 4.21. The van der Waals surface area contributed by atoms with Crippen LogP contribution in [0.15, 0.2) is 76.6 Å². The van der Waals surface area contributed by atoms with Crippen LogP contribution < -0.4 is 16.0 Å². The minimum atomic E-state index is -1.49. The van der Waals surface area contributed by atoms with Gasteiger partial charge in [-0.2, -0.15) is 0 Å². The Labute approximate surface area is 212 Å². The van der Waals surface area contributed by atoms with Gasteiger partial charge in [0, 0.05) is 12.3 Å². The van der Waals surface area contributed by atoms with Crippen LogP contribution in [0.5, 0.6) is 5.75 Å². The summed E-state index contributed by atoms with van der Waals surface area (Å²) in [5, 5.41) is 19.5. The summed E-state index contributed by atoms with van der Waals surface area (Å²) >= 11 is 0. The van der Waals surface area contributed by atoms with Crippen LogP contribution in [0, 0.1) is 11.7 Å². The van der Waals surface area contributed by atoms with Gasteiger partial charge in [-0.1, -0.05) is 48.5 Å². The van der Waals surface area contributed by atoms with Crippen molar-refractivity contribution in [2.45, 2.75) is 44.9 Å². The van der Waals surface area contributed by atoms with Gasteiger partial charge in [0.2, 0.25) is 0 Å². The summed E-state index contributed by atoms with van der Waals surface area (Å²) in [5.41, 5.74) is -1.26. The summed E-state index contributed by atoms with van der Waals surface area (Å²) in [7, 11) is 0. The van der Waals surface area contributed by atoms with Gasteiger partial charge in [0.15, 0.2) is 17.4 Å². The Bertz CT molecular complexity index is 1510. The standard InChI is InChI=1S/C27H28FN5O4/c1-2-27(36,21-10-11-22(28)23(14-21)37-17-20-8-9-20)18-32-24(15-29-30-32)33-25(34)12-13-31(26(33)35)16-19-6-4-3-5-7-19/h3-7,10-15,20,36H,2,8-9,16-18H2,1H3. The monoisotopic (exact) mass is 505 g/mol. The highest BCUT2D eigenvalue weighted by molar-refractivity contribution is 5.34. The van der Waals surface area contributed by atoms with Gasteiger partial charge < -0.3 is 9.84 Å². The third-order valence-electron chi connectivity index (χ3n) is 6.71. The minimum Gasteiger partial charge on any atom is -0.490 e. The summed E-state index contributed by atoms with van der Waals surface area (Å²) < 4.78 is 23.7. The Morgan fingerprint density at radius 2 is 1.92 bits per heavy atom. The van der Waals surface area contributed by atoms with E-state index in [4.69, 9.17) is 4.74 Å². The Morgan fingerprint density at radius 1 is 1.14 bits per heavy atom. The van der Waals surface area contributed by atoms with Crippen molar-refractivity contribution >= 4 is 0 Å². The van der Waals surface area contributed by atoms with Crippen molar-refractivity contribution in [1.82, 2.24) is 24.1 Å². The van der Waals surface area contributed by atoms with E-state index in [-0.39, 0.29) is 31.1 Å². The third kappa shape index (κ3) is 5.24. The van der Waals surface area contributed by atoms with Crippen LogP contribution >= 0.6 is 0 Å². The predicted molar refractivity (Wildman–Crippen MR) is 134 cm³/mol. The summed E-state index contributed by atoms with van der Waals surface area (Å²) in [6.45, 7) is 2.38. The summed E-state index contributed by atoms with van der Waals surface area (Å²) in [4.78, 5) is 26.1. The molecular formula is C27H28FN5O4. The highest BCUT2D eigenvalue weighted by Crippen LogP contribution is 2.33. The zero-order chi connectivity index (χ0) is 26.0. The quantitative estimate of drug-likeness (QED) is 0.356. The van der Waals surface area contributed by atoms with Crippen LogP contribution in [-0.2, 0) is 18.7 Å². The lowest BCUT2D eigenvalue weighted by Gasteiger charge is -2.28. The number of rotatable bonds is 10. The normalized spacial score (nSPS) is 14.9. The molecule has 1 aliphatic carbocycles. The average Bonchev–Trinajstić information content (AvgIpc) is 3.64. The molecule has 2 aromatic carbocycles. The smallest absolute Gasteiger partial charge is 0.337 e. The van der Waals surface area contributed by atoms with E-state index in [9.17, 15) is 19.1 Å². The lowest BCUT2D eigenvalue weighted by molar-refractivity contribution is 0.0101. The molecule has 10 heteroatoms. The van der Waals surface area contributed by atoms with Crippen LogP contribution in [0.25, 0.3) is 5.82 Å². The lowest BCUT2D eigenvalue weighted by Crippen LogP contribution is -2.40. The Kier molecular flexibility index (Phi) is 6.75. The topological polar surface area (TPSA) is 104 Å². The predicted octanol–water partition coefficient (Wildman–Crippen LogP) is 2.86. The van der Waals surface area contributed by atoms with Crippen molar-refractivity contribution in [2.75, 3.05) is 6.61 Å². The first-order chi connectivity index (χ1) is 17.9. The van der Waals surface area contributed by atoms with Gasteiger partial charge >= 0.3 is 5.69 Å². The first-order valence-corrected chi connectivity index (χ1v) is 12.3. The SMILES string of the molecule is CCC(O)(Cn1nncc1-n1c(=O)ccn(Cc2ccccc2)c1=O)c1ccc(F)c(OCC2CC2)c1. The molecule has 37 heavy (non-hydrogen) atoms. The fourth-order valence-corrected chi connectivity index (χ4v) is 4.21. The highest BCUT2D eigenvalue weighted by Gasteiger charge is 2.31. The van der Waals surface area contributed by atoms with E-state index in [1.807, 2.05) is 30.3 Å². The first kappa shape index (κ1) is 24.6. The number of nitrogens with zero attached hydrogens (tertiary/aromatic N) is 5. The van der Waals surface area contributed by atoms with E-state index in [1.165, 1.54) is 45.9 Å². The van der Waals surface area contributed by atoms with Crippen LogP contribution in [0.2, 0.25) is 0 Å². The molecule has 0 spiro atoms. The van der Waals surface area contributed by atoms with Crippen molar-refractivity contribution in [3.8, 4) is 11.6 Å². The second-order valence-corrected chi connectivity index (χ2v) is 9.42. The summed E-state index contributed by atoms with van der Waals surface area (Å²) in [6.07, 6.45) is 5.15. The molecule has 0 radical (unpaired) electrons.